The number of unbranched alkanes of at least 4 members (excludes halogenated alkanes) is 1. The van der Waals surface area contributed by atoms with Gasteiger partial charge in [0.15, 0.2) is 0 Å². The highest BCUT2D eigenvalue weighted by Crippen LogP contribution is 2.26. The highest BCUT2D eigenvalue weighted by molar-refractivity contribution is 6.00. The molecule has 1 aromatic heterocycles. The van der Waals surface area contributed by atoms with Gasteiger partial charge in [-0.15, -0.1) is 0 Å². The van der Waals surface area contributed by atoms with Crippen molar-refractivity contribution in [2.75, 3.05) is 11.5 Å². The summed E-state index contributed by atoms with van der Waals surface area (Å²) < 4.78 is 7.48. The Kier molecular flexibility index (Phi) is 6.90. The molecule has 1 aliphatic rings. The van der Waals surface area contributed by atoms with Gasteiger partial charge in [0.25, 0.3) is 0 Å². The summed E-state index contributed by atoms with van der Waals surface area (Å²) in [4.78, 5) is 27.1. The first-order chi connectivity index (χ1) is 14.0. The molecule has 7 heteroatoms. The van der Waals surface area contributed by atoms with Crippen molar-refractivity contribution in [2.24, 2.45) is 0 Å². The molecule has 0 aliphatic carbocycles. The van der Waals surface area contributed by atoms with Crippen LogP contribution in [0.2, 0.25) is 0 Å². The summed E-state index contributed by atoms with van der Waals surface area (Å²) in [5.41, 5.74) is 1.83. The number of hydrogen-bond acceptors (Lipinski definition) is 4. The molecule has 1 N–H and O–H groups in total. The van der Waals surface area contributed by atoms with Crippen LogP contribution in [0.5, 0.6) is 5.75 Å². The molecule has 2 heterocycles. The number of nitrogens with zero attached hydrogens (tertiary/aromatic N) is 3. The summed E-state index contributed by atoms with van der Waals surface area (Å²) in [6.07, 6.45) is 3.02. The van der Waals surface area contributed by atoms with Crippen LogP contribution in [-0.4, -0.2) is 34.2 Å². The lowest BCUT2D eigenvalue weighted by atomic mass is 10.1. The number of hydrogen-bond donors (Lipinski definition) is 1. The van der Waals surface area contributed by atoms with Gasteiger partial charge in [-0.2, -0.15) is 5.10 Å². The summed E-state index contributed by atoms with van der Waals surface area (Å²) in [6, 6.07) is 9.06. The van der Waals surface area contributed by atoms with E-state index < -0.39 is 6.04 Å². The van der Waals surface area contributed by atoms with E-state index in [1.54, 1.807) is 4.90 Å². The summed E-state index contributed by atoms with van der Waals surface area (Å²) in [7, 11) is 0. The molecular formula is C22H30N4O3. The Hall–Kier alpha value is -2.83. The number of ether oxygens (including phenoxy) is 1. The molecule has 2 amide bonds. The van der Waals surface area contributed by atoms with Gasteiger partial charge in [0.2, 0.25) is 11.8 Å². The Bertz CT molecular complexity index is 844. The van der Waals surface area contributed by atoms with E-state index in [2.05, 4.69) is 17.3 Å². The second kappa shape index (κ2) is 9.58. The van der Waals surface area contributed by atoms with Crippen molar-refractivity contribution in [3.63, 3.8) is 0 Å². The second-order valence-electron chi connectivity index (χ2n) is 7.37. The van der Waals surface area contributed by atoms with Gasteiger partial charge in [-0.1, -0.05) is 32.4 Å². The van der Waals surface area contributed by atoms with Gasteiger partial charge in [-0.3, -0.25) is 14.5 Å². The molecule has 156 valence electrons. The number of fused-ring (bicyclic) bond motifs is 1. The topological polar surface area (TPSA) is 76.5 Å². The molecule has 0 unspecified atom stereocenters. The third-order valence-electron chi connectivity index (χ3n) is 5.09. The fourth-order valence-electron chi connectivity index (χ4n) is 3.50. The van der Waals surface area contributed by atoms with Gasteiger partial charge >= 0.3 is 0 Å². The number of nitrogens with one attached hydrogen (secondary N) is 1. The quantitative estimate of drug-likeness (QED) is 0.658. The van der Waals surface area contributed by atoms with E-state index in [0.29, 0.717) is 38.4 Å². The molecule has 0 spiro atoms. The summed E-state index contributed by atoms with van der Waals surface area (Å²) in [5, 5.41) is 7.39. The van der Waals surface area contributed by atoms with Gasteiger partial charge in [-0.25, -0.2) is 4.68 Å². The second-order valence-corrected chi connectivity index (χ2v) is 7.37. The zero-order valence-corrected chi connectivity index (χ0v) is 17.5. The molecule has 29 heavy (non-hydrogen) atoms. The van der Waals surface area contributed by atoms with Gasteiger partial charge < -0.3 is 10.1 Å². The fraction of sp³-hybridized carbons (Fsp3) is 0.500. The highest BCUT2D eigenvalue weighted by atomic mass is 16.5. The molecule has 1 aliphatic heterocycles. The first kappa shape index (κ1) is 20.9. The largest absolute Gasteiger partial charge is 0.494 e. The van der Waals surface area contributed by atoms with Gasteiger partial charge in [0.1, 0.15) is 17.6 Å². The smallest absolute Gasteiger partial charge is 0.243 e. The average molecular weight is 399 g/mol. The minimum Gasteiger partial charge on any atom is -0.494 e. The minimum absolute atomic E-state index is 0.0343. The summed E-state index contributed by atoms with van der Waals surface area (Å²) >= 11 is 0. The van der Waals surface area contributed by atoms with E-state index in [4.69, 9.17) is 4.74 Å². The van der Waals surface area contributed by atoms with Crippen LogP contribution in [0.4, 0.5) is 5.82 Å². The first-order valence-corrected chi connectivity index (χ1v) is 10.4. The molecule has 1 atom stereocenters. The van der Waals surface area contributed by atoms with E-state index in [-0.39, 0.29) is 11.8 Å². The van der Waals surface area contributed by atoms with Crippen LogP contribution in [0.25, 0.3) is 0 Å². The van der Waals surface area contributed by atoms with Crippen molar-refractivity contribution in [2.45, 2.75) is 65.6 Å². The van der Waals surface area contributed by atoms with Gasteiger partial charge in [-0.05, 0) is 37.5 Å². The standard InChI is InChI=1S/C22H30N4O3/c1-4-6-13-29-18-9-7-17(8-10-18)15-23-22(28)19(5-2)26-20-14-16(3)24-25(20)12-11-21(26)27/h7-10,14,19H,4-6,11-13,15H2,1-3H3,(H,23,28)/t19-/m0/s1. The first-order valence-electron chi connectivity index (χ1n) is 10.4. The number of rotatable bonds is 9. The van der Waals surface area contributed by atoms with Crippen LogP contribution in [0, 0.1) is 6.92 Å². The zero-order valence-electron chi connectivity index (χ0n) is 17.5. The predicted molar refractivity (Wildman–Crippen MR) is 112 cm³/mol. The van der Waals surface area contributed by atoms with Crippen LogP contribution >= 0.6 is 0 Å². The van der Waals surface area contributed by atoms with Crippen molar-refractivity contribution in [1.29, 1.82) is 0 Å². The normalized spacial score (nSPS) is 14.4. The summed E-state index contributed by atoms with van der Waals surface area (Å²) in [5.74, 6) is 1.35. The lowest BCUT2D eigenvalue weighted by Gasteiger charge is -2.33. The zero-order chi connectivity index (χ0) is 20.8. The molecule has 7 nitrogen and oxygen atoms in total. The van der Waals surface area contributed by atoms with E-state index in [1.807, 2.05) is 48.9 Å². The van der Waals surface area contributed by atoms with Crippen LogP contribution in [0.3, 0.4) is 0 Å². The number of benzene rings is 1. The predicted octanol–water partition coefficient (Wildman–Crippen LogP) is 3.20. The fourth-order valence-corrected chi connectivity index (χ4v) is 3.50. The third kappa shape index (κ3) is 4.96. The van der Waals surface area contributed by atoms with Crippen molar-refractivity contribution in [3.05, 3.63) is 41.6 Å². The maximum atomic E-state index is 12.9. The number of anilines is 1. The van der Waals surface area contributed by atoms with Crippen LogP contribution in [-0.2, 0) is 22.7 Å². The van der Waals surface area contributed by atoms with Crippen molar-refractivity contribution >= 4 is 17.6 Å². The lowest BCUT2D eigenvalue weighted by molar-refractivity contribution is -0.127. The molecular weight excluding hydrogens is 368 g/mol. The number of carbonyl (C=O) groups is 2. The number of aryl methyl sites for hydroxylation is 2. The molecule has 0 saturated carbocycles. The Balaban J connectivity index is 1.62. The van der Waals surface area contributed by atoms with Crippen molar-refractivity contribution in [3.8, 4) is 5.75 Å². The number of carbonyl (C=O) groups excluding carboxylic acids is 2. The summed E-state index contributed by atoms with van der Waals surface area (Å²) in [6.45, 7) is 7.62. The molecule has 0 bridgehead atoms. The Morgan fingerprint density at radius 3 is 2.72 bits per heavy atom. The van der Waals surface area contributed by atoms with E-state index >= 15 is 0 Å². The molecule has 2 aromatic rings. The van der Waals surface area contributed by atoms with E-state index in [9.17, 15) is 9.59 Å². The monoisotopic (exact) mass is 398 g/mol. The van der Waals surface area contributed by atoms with Crippen LogP contribution < -0.4 is 15.0 Å². The van der Waals surface area contributed by atoms with Crippen LogP contribution in [0.1, 0.15) is 50.8 Å². The van der Waals surface area contributed by atoms with E-state index in [1.165, 1.54) is 0 Å². The average Bonchev–Trinajstić information content (AvgIpc) is 3.10. The Morgan fingerprint density at radius 1 is 1.28 bits per heavy atom. The maximum absolute atomic E-state index is 12.9. The van der Waals surface area contributed by atoms with Crippen molar-refractivity contribution < 1.29 is 14.3 Å². The SMILES string of the molecule is CCCCOc1ccc(CNC(=O)[C@H](CC)N2C(=O)CCn3nc(C)cc32)cc1. The number of amides is 2. The molecule has 0 saturated heterocycles. The number of aromatic nitrogens is 2. The van der Waals surface area contributed by atoms with E-state index in [0.717, 1.165) is 29.8 Å². The van der Waals surface area contributed by atoms with Gasteiger partial charge in [0.05, 0.1) is 18.8 Å². The molecule has 0 fully saturated rings. The molecule has 1 aromatic carbocycles. The van der Waals surface area contributed by atoms with Crippen molar-refractivity contribution in [1.82, 2.24) is 15.1 Å². The Morgan fingerprint density at radius 2 is 2.03 bits per heavy atom. The Labute approximate surface area is 172 Å². The maximum Gasteiger partial charge on any atom is 0.243 e. The minimum atomic E-state index is -0.547. The molecule has 0 radical (unpaired) electrons. The molecule has 3 rings (SSSR count). The van der Waals surface area contributed by atoms with Gasteiger partial charge in [0, 0.05) is 19.0 Å². The highest BCUT2D eigenvalue weighted by Gasteiger charge is 2.34. The lowest BCUT2D eigenvalue weighted by Crippen LogP contribution is -2.52. The third-order valence-corrected chi connectivity index (χ3v) is 5.09. The van der Waals surface area contributed by atoms with Crippen LogP contribution in [0.15, 0.2) is 30.3 Å².